The quantitative estimate of drug-likeness (QED) is 0.836. The lowest BCUT2D eigenvalue weighted by Gasteiger charge is -2.22. The molecular weight excluding hydrogens is 236 g/mol. The predicted molar refractivity (Wildman–Crippen MR) is 79.0 cm³/mol. The molecule has 0 aliphatic carbocycles. The topological polar surface area (TPSA) is 55.0 Å². The molecule has 4 nitrogen and oxygen atoms in total. The second-order valence-corrected chi connectivity index (χ2v) is 4.48. The van der Waals surface area contributed by atoms with Gasteiger partial charge in [-0.3, -0.25) is 0 Å². The lowest BCUT2D eigenvalue weighted by atomic mass is 10.2. The van der Waals surface area contributed by atoms with Gasteiger partial charge in [-0.2, -0.15) is 0 Å². The maximum Gasteiger partial charge on any atom is 0.132 e. The first kappa shape index (κ1) is 13.3. The largest absolute Gasteiger partial charge is 0.399 e. The molecule has 0 aliphatic heterocycles. The van der Waals surface area contributed by atoms with Crippen LogP contribution in [0.3, 0.4) is 0 Å². The lowest BCUT2D eigenvalue weighted by Crippen LogP contribution is -2.23. The number of rotatable bonds is 5. The molecule has 0 bridgehead atoms. The van der Waals surface area contributed by atoms with Gasteiger partial charge in [-0.1, -0.05) is 19.1 Å². The highest BCUT2D eigenvalue weighted by Crippen LogP contribution is 2.15. The number of nitrogen functional groups attached to an aromatic ring is 1. The summed E-state index contributed by atoms with van der Waals surface area (Å²) in [5, 5.41) is 0. The lowest BCUT2D eigenvalue weighted by molar-refractivity contribution is 0.805. The molecule has 1 heterocycles. The van der Waals surface area contributed by atoms with E-state index in [1.165, 1.54) is 5.56 Å². The van der Waals surface area contributed by atoms with Crippen LogP contribution in [0.15, 0.2) is 36.7 Å². The summed E-state index contributed by atoms with van der Waals surface area (Å²) in [6.45, 7) is 5.97. The SMILES string of the molecule is CCc1cc(N(CC)Cc2ccc(N)cc2)ncn1. The van der Waals surface area contributed by atoms with Gasteiger partial charge in [0.05, 0.1) is 0 Å². The first-order valence-electron chi connectivity index (χ1n) is 6.63. The van der Waals surface area contributed by atoms with Gasteiger partial charge in [0.2, 0.25) is 0 Å². The molecule has 0 saturated heterocycles. The molecule has 19 heavy (non-hydrogen) atoms. The van der Waals surface area contributed by atoms with Gasteiger partial charge < -0.3 is 10.6 Å². The third-order valence-corrected chi connectivity index (χ3v) is 3.13. The highest BCUT2D eigenvalue weighted by Gasteiger charge is 2.07. The van der Waals surface area contributed by atoms with E-state index in [4.69, 9.17) is 5.73 Å². The minimum absolute atomic E-state index is 0.794. The number of benzene rings is 1. The van der Waals surface area contributed by atoms with E-state index < -0.39 is 0 Å². The van der Waals surface area contributed by atoms with Crippen LogP contribution in [-0.2, 0) is 13.0 Å². The average molecular weight is 256 g/mol. The van der Waals surface area contributed by atoms with Crippen molar-refractivity contribution >= 4 is 11.5 Å². The van der Waals surface area contributed by atoms with Crippen LogP contribution in [0.4, 0.5) is 11.5 Å². The minimum atomic E-state index is 0.794. The Kier molecular flexibility index (Phi) is 4.34. The van der Waals surface area contributed by atoms with Gasteiger partial charge in [-0.25, -0.2) is 9.97 Å². The summed E-state index contributed by atoms with van der Waals surface area (Å²) in [5.74, 6) is 0.978. The predicted octanol–water partition coefficient (Wildman–Crippen LogP) is 2.65. The van der Waals surface area contributed by atoms with E-state index in [1.807, 2.05) is 12.1 Å². The Morgan fingerprint density at radius 1 is 1.11 bits per heavy atom. The molecule has 1 aromatic heterocycles. The Balaban J connectivity index is 2.17. The van der Waals surface area contributed by atoms with Crippen molar-refractivity contribution in [3.63, 3.8) is 0 Å². The van der Waals surface area contributed by atoms with E-state index in [1.54, 1.807) is 6.33 Å². The first-order valence-corrected chi connectivity index (χ1v) is 6.63. The van der Waals surface area contributed by atoms with Crippen LogP contribution in [0.1, 0.15) is 25.1 Å². The van der Waals surface area contributed by atoms with Crippen LogP contribution in [-0.4, -0.2) is 16.5 Å². The number of aromatic nitrogens is 2. The van der Waals surface area contributed by atoms with Crippen molar-refractivity contribution in [1.82, 2.24) is 9.97 Å². The number of hydrogen-bond donors (Lipinski definition) is 1. The van der Waals surface area contributed by atoms with Gasteiger partial charge in [-0.05, 0) is 31.0 Å². The Bertz CT molecular complexity index is 522. The molecule has 0 aliphatic rings. The van der Waals surface area contributed by atoms with Gasteiger partial charge in [0, 0.05) is 30.5 Å². The fraction of sp³-hybridized carbons (Fsp3) is 0.333. The van der Waals surface area contributed by atoms with Crippen LogP contribution in [0.2, 0.25) is 0 Å². The van der Waals surface area contributed by atoms with Crippen LogP contribution in [0.5, 0.6) is 0 Å². The Labute approximate surface area is 114 Å². The summed E-state index contributed by atoms with van der Waals surface area (Å²) < 4.78 is 0. The molecule has 2 rings (SSSR count). The van der Waals surface area contributed by atoms with Crippen molar-refractivity contribution < 1.29 is 0 Å². The average Bonchev–Trinajstić information content (AvgIpc) is 2.46. The number of anilines is 2. The van der Waals surface area contributed by atoms with Crippen LogP contribution >= 0.6 is 0 Å². The number of hydrogen-bond acceptors (Lipinski definition) is 4. The standard InChI is InChI=1S/C15H20N4/c1-3-14-9-15(18-11-17-14)19(4-2)10-12-5-7-13(16)8-6-12/h5-9,11H,3-4,10,16H2,1-2H3. The fourth-order valence-corrected chi connectivity index (χ4v) is 1.95. The molecule has 4 heteroatoms. The molecular formula is C15H20N4. The van der Waals surface area contributed by atoms with E-state index in [0.717, 1.165) is 36.7 Å². The summed E-state index contributed by atoms with van der Waals surface area (Å²) in [7, 11) is 0. The molecule has 0 amide bonds. The zero-order valence-corrected chi connectivity index (χ0v) is 11.5. The van der Waals surface area contributed by atoms with Crippen LogP contribution in [0.25, 0.3) is 0 Å². The molecule has 0 saturated carbocycles. The number of nitrogens with two attached hydrogens (primary N) is 1. The van der Waals surface area contributed by atoms with Gasteiger partial charge in [0.15, 0.2) is 0 Å². The van der Waals surface area contributed by atoms with E-state index in [-0.39, 0.29) is 0 Å². The molecule has 0 spiro atoms. The molecule has 2 N–H and O–H groups in total. The van der Waals surface area contributed by atoms with Gasteiger partial charge in [0.1, 0.15) is 12.1 Å². The van der Waals surface area contributed by atoms with Gasteiger partial charge in [0.25, 0.3) is 0 Å². The van der Waals surface area contributed by atoms with Crippen molar-refractivity contribution in [2.75, 3.05) is 17.2 Å². The van der Waals surface area contributed by atoms with Crippen LogP contribution < -0.4 is 10.6 Å². The van der Waals surface area contributed by atoms with Crippen molar-refractivity contribution in [1.29, 1.82) is 0 Å². The highest BCUT2D eigenvalue weighted by atomic mass is 15.2. The van der Waals surface area contributed by atoms with E-state index in [0.29, 0.717) is 0 Å². The van der Waals surface area contributed by atoms with Crippen molar-refractivity contribution in [3.05, 3.63) is 47.9 Å². The molecule has 0 unspecified atom stereocenters. The first-order chi connectivity index (χ1) is 9.22. The summed E-state index contributed by atoms with van der Waals surface area (Å²) in [6.07, 6.45) is 2.56. The highest BCUT2D eigenvalue weighted by molar-refractivity contribution is 5.43. The summed E-state index contributed by atoms with van der Waals surface area (Å²) in [5.41, 5.74) is 8.80. The maximum atomic E-state index is 5.70. The molecule has 0 atom stereocenters. The molecule has 2 aromatic rings. The van der Waals surface area contributed by atoms with Crippen molar-refractivity contribution in [2.45, 2.75) is 26.8 Å². The Morgan fingerprint density at radius 3 is 2.47 bits per heavy atom. The van der Waals surface area contributed by atoms with E-state index in [9.17, 15) is 0 Å². The summed E-state index contributed by atoms with van der Waals surface area (Å²) >= 11 is 0. The number of aryl methyl sites for hydroxylation is 1. The Hall–Kier alpha value is -2.10. The maximum absolute atomic E-state index is 5.70. The van der Waals surface area contributed by atoms with Crippen molar-refractivity contribution in [2.24, 2.45) is 0 Å². The molecule has 0 radical (unpaired) electrons. The normalized spacial score (nSPS) is 10.4. The summed E-state index contributed by atoms with van der Waals surface area (Å²) in [4.78, 5) is 10.8. The number of nitrogens with zero attached hydrogens (tertiary/aromatic N) is 3. The zero-order valence-electron chi connectivity index (χ0n) is 11.5. The second kappa shape index (κ2) is 6.18. The minimum Gasteiger partial charge on any atom is -0.399 e. The zero-order chi connectivity index (χ0) is 13.7. The monoisotopic (exact) mass is 256 g/mol. The Morgan fingerprint density at radius 2 is 1.84 bits per heavy atom. The van der Waals surface area contributed by atoms with Crippen LogP contribution in [0, 0.1) is 0 Å². The van der Waals surface area contributed by atoms with Crippen molar-refractivity contribution in [3.8, 4) is 0 Å². The molecule has 1 aromatic carbocycles. The molecule has 0 fully saturated rings. The summed E-state index contributed by atoms with van der Waals surface area (Å²) in [6, 6.07) is 10.0. The molecule has 100 valence electrons. The fourth-order valence-electron chi connectivity index (χ4n) is 1.95. The third-order valence-electron chi connectivity index (χ3n) is 3.13. The van der Waals surface area contributed by atoms with Gasteiger partial charge >= 0.3 is 0 Å². The third kappa shape index (κ3) is 3.44. The second-order valence-electron chi connectivity index (χ2n) is 4.48. The smallest absolute Gasteiger partial charge is 0.132 e. The van der Waals surface area contributed by atoms with E-state index in [2.05, 4.69) is 46.9 Å². The van der Waals surface area contributed by atoms with Gasteiger partial charge in [-0.15, -0.1) is 0 Å². The van der Waals surface area contributed by atoms with E-state index >= 15 is 0 Å².